The molecule has 0 aliphatic heterocycles. The Morgan fingerprint density at radius 1 is 1.24 bits per heavy atom. The lowest BCUT2D eigenvalue weighted by atomic mass is 10.3. The summed E-state index contributed by atoms with van der Waals surface area (Å²) in [5.41, 5.74) is 0. The van der Waals surface area contributed by atoms with Crippen LogP contribution in [0.5, 0.6) is 5.75 Å². The first kappa shape index (κ1) is 13.6. The molecule has 17 heavy (non-hydrogen) atoms. The van der Waals surface area contributed by atoms with Crippen molar-refractivity contribution < 1.29 is 14.3 Å². The fourth-order valence-electron chi connectivity index (χ4n) is 1.16. The average Bonchev–Trinajstić information content (AvgIpc) is 2.35. The van der Waals surface area contributed by atoms with Gasteiger partial charge in [0.15, 0.2) is 0 Å². The molecule has 0 aromatic heterocycles. The molecular formula is C13H15ClO3. The minimum atomic E-state index is -0.386. The van der Waals surface area contributed by atoms with E-state index < -0.39 is 0 Å². The highest BCUT2D eigenvalue weighted by molar-refractivity contribution is 6.30. The van der Waals surface area contributed by atoms with E-state index in [-0.39, 0.29) is 5.97 Å². The van der Waals surface area contributed by atoms with Gasteiger partial charge in [-0.3, -0.25) is 0 Å². The maximum absolute atomic E-state index is 10.7. The molecule has 1 aromatic carbocycles. The highest BCUT2D eigenvalue weighted by Crippen LogP contribution is 2.15. The van der Waals surface area contributed by atoms with Crippen LogP contribution >= 0.6 is 11.6 Å². The van der Waals surface area contributed by atoms with Crippen LogP contribution in [0.25, 0.3) is 0 Å². The fraction of sp³-hybridized carbons (Fsp3) is 0.308. The topological polar surface area (TPSA) is 35.5 Å². The molecule has 0 spiro atoms. The summed E-state index contributed by atoms with van der Waals surface area (Å²) in [6.45, 7) is 4.30. The molecule has 92 valence electrons. The number of unbranched alkanes of at least 4 members (excludes halogenated alkanes) is 1. The van der Waals surface area contributed by atoms with E-state index in [9.17, 15) is 4.79 Å². The Hall–Kier alpha value is -1.48. The molecule has 4 heteroatoms. The van der Waals surface area contributed by atoms with Crippen LogP contribution in [0.1, 0.15) is 12.8 Å². The zero-order valence-electron chi connectivity index (χ0n) is 9.52. The molecule has 0 aliphatic carbocycles. The third-order valence-electron chi connectivity index (χ3n) is 2.03. The van der Waals surface area contributed by atoms with Crippen molar-refractivity contribution in [2.75, 3.05) is 13.2 Å². The molecular weight excluding hydrogens is 240 g/mol. The van der Waals surface area contributed by atoms with E-state index in [4.69, 9.17) is 21.1 Å². The average molecular weight is 255 g/mol. The number of carbonyl (C=O) groups excluding carboxylic acids is 1. The Bertz CT molecular complexity index is 359. The molecule has 0 aliphatic rings. The van der Waals surface area contributed by atoms with Crippen molar-refractivity contribution in [3.05, 3.63) is 41.9 Å². The zero-order chi connectivity index (χ0) is 12.5. The summed E-state index contributed by atoms with van der Waals surface area (Å²) in [5.74, 6) is 0.404. The second kappa shape index (κ2) is 7.74. The molecule has 0 saturated heterocycles. The van der Waals surface area contributed by atoms with Gasteiger partial charge in [0.2, 0.25) is 0 Å². The Kier molecular flexibility index (Phi) is 6.18. The first-order chi connectivity index (χ1) is 8.22. The van der Waals surface area contributed by atoms with E-state index in [1.165, 1.54) is 0 Å². The molecule has 0 N–H and O–H groups in total. The molecule has 0 saturated carbocycles. The van der Waals surface area contributed by atoms with Crippen LogP contribution in [0.2, 0.25) is 5.02 Å². The van der Waals surface area contributed by atoms with E-state index in [0.717, 1.165) is 24.7 Å². The summed E-state index contributed by atoms with van der Waals surface area (Å²) >= 11 is 5.75. The van der Waals surface area contributed by atoms with Crippen molar-refractivity contribution in [2.45, 2.75) is 12.8 Å². The fourth-order valence-corrected chi connectivity index (χ4v) is 1.28. The van der Waals surface area contributed by atoms with Crippen molar-refractivity contribution in [1.29, 1.82) is 0 Å². The summed E-state index contributed by atoms with van der Waals surface area (Å²) < 4.78 is 10.3. The number of hydrogen-bond donors (Lipinski definition) is 0. The van der Waals surface area contributed by atoms with Gasteiger partial charge < -0.3 is 9.47 Å². The van der Waals surface area contributed by atoms with Crippen molar-refractivity contribution >= 4 is 17.6 Å². The van der Waals surface area contributed by atoms with Gasteiger partial charge in [-0.15, -0.1) is 0 Å². The zero-order valence-corrected chi connectivity index (χ0v) is 10.3. The molecule has 0 radical (unpaired) electrons. The lowest BCUT2D eigenvalue weighted by Crippen LogP contribution is -2.04. The lowest BCUT2D eigenvalue weighted by Gasteiger charge is -2.06. The van der Waals surface area contributed by atoms with Gasteiger partial charge in [0, 0.05) is 11.1 Å². The van der Waals surface area contributed by atoms with Gasteiger partial charge in [0.1, 0.15) is 5.75 Å². The van der Waals surface area contributed by atoms with Gasteiger partial charge in [-0.25, -0.2) is 4.79 Å². The SMILES string of the molecule is C=CC(=O)OCCCCOc1ccc(Cl)cc1. The first-order valence-corrected chi connectivity index (χ1v) is 5.77. The van der Waals surface area contributed by atoms with Crippen LogP contribution < -0.4 is 4.74 Å². The van der Waals surface area contributed by atoms with Gasteiger partial charge in [-0.05, 0) is 37.1 Å². The molecule has 0 fully saturated rings. The highest BCUT2D eigenvalue weighted by Gasteiger charge is 1.96. The van der Waals surface area contributed by atoms with Crippen molar-refractivity contribution in [1.82, 2.24) is 0 Å². The number of hydrogen-bond acceptors (Lipinski definition) is 3. The summed E-state index contributed by atoms with van der Waals surface area (Å²) in [7, 11) is 0. The van der Waals surface area contributed by atoms with Gasteiger partial charge in [0.05, 0.1) is 13.2 Å². The molecule has 0 amide bonds. The Morgan fingerprint density at radius 2 is 1.88 bits per heavy atom. The lowest BCUT2D eigenvalue weighted by molar-refractivity contribution is -0.137. The number of halogens is 1. The standard InChI is InChI=1S/C13H15ClO3/c1-2-13(15)17-10-4-3-9-16-12-7-5-11(14)6-8-12/h2,5-8H,1,3-4,9-10H2. The van der Waals surface area contributed by atoms with Crippen LogP contribution in [-0.4, -0.2) is 19.2 Å². The second-order valence-corrected chi connectivity index (χ2v) is 3.82. The second-order valence-electron chi connectivity index (χ2n) is 3.38. The highest BCUT2D eigenvalue weighted by atomic mass is 35.5. The maximum atomic E-state index is 10.7. The molecule has 1 aromatic rings. The number of rotatable bonds is 7. The molecule has 0 bridgehead atoms. The van der Waals surface area contributed by atoms with Gasteiger partial charge in [-0.1, -0.05) is 18.2 Å². The third kappa shape index (κ3) is 5.97. The smallest absolute Gasteiger partial charge is 0.330 e. The van der Waals surface area contributed by atoms with Crippen molar-refractivity contribution in [2.24, 2.45) is 0 Å². The van der Waals surface area contributed by atoms with E-state index in [1.807, 2.05) is 12.1 Å². The quantitative estimate of drug-likeness (QED) is 0.426. The van der Waals surface area contributed by atoms with E-state index in [2.05, 4.69) is 6.58 Å². The normalized spacial score (nSPS) is 9.71. The Morgan fingerprint density at radius 3 is 2.53 bits per heavy atom. The largest absolute Gasteiger partial charge is 0.494 e. The molecule has 0 heterocycles. The monoisotopic (exact) mass is 254 g/mol. The van der Waals surface area contributed by atoms with E-state index >= 15 is 0 Å². The third-order valence-corrected chi connectivity index (χ3v) is 2.28. The predicted molar refractivity (Wildman–Crippen MR) is 67.3 cm³/mol. The summed E-state index contributed by atoms with van der Waals surface area (Å²) in [6, 6.07) is 7.20. The molecule has 3 nitrogen and oxygen atoms in total. The van der Waals surface area contributed by atoms with Crippen LogP contribution in [0, 0.1) is 0 Å². The summed E-state index contributed by atoms with van der Waals surface area (Å²) in [6.07, 6.45) is 2.75. The number of esters is 1. The van der Waals surface area contributed by atoms with Crippen LogP contribution in [0.4, 0.5) is 0 Å². The van der Waals surface area contributed by atoms with Crippen molar-refractivity contribution in [3.63, 3.8) is 0 Å². The van der Waals surface area contributed by atoms with Crippen LogP contribution in [0.15, 0.2) is 36.9 Å². The summed E-state index contributed by atoms with van der Waals surface area (Å²) in [5, 5.41) is 0.689. The minimum Gasteiger partial charge on any atom is -0.494 e. The maximum Gasteiger partial charge on any atom is 0.330 e. The first-order valence-electron chi connectivity index (χ1n) is 5.40. The van der Waals surface area contributed by atoms with Crippen LogP contribution in [0.3, 0.4) is 0 Å². The summed E-state index contributed by atoms with van der Waals surface area (Å²) in [4.78, 5) is 10.7. The molecule has 1 rings (SSSR count). The van der Waals surface area contributed by atoms with E-state index in [1.54, 1.807) is 12.1 Å². The van der Waals surface area contributed by atoms with Crippen LogP contribution in [-0.2, 0) is 9.53 Å². The minimum absolute atomic E-state index is 0.386. The molecule has 0 atom stereocenters. The number of ether oxygens (including phenoxy) is 2. The van der Waals surface area contributed by atoms with Crippen molar-refractivity contribution in [3.8, 4) is 5.75 Å². The predicted octanol–water partition coefficient (Wildman–Crippen LogP) is 3.23. The van der Waals surface area contributed by atoms with Gasteiger partial charge in [0.25, 0.3) is 0 Å². The van der Waals surface area contributed by atoms with Gasteiger partial charge in [-0.2, -0.15) is 0 Å². The number of carbonyl (C=O) groups is 1. The van der Waals surface area contributed by atoms with E-state index in [0.29, 0.717) is 18.2 Å². The molecule has 0 unspecified atom stereocenters. The Balaban J connectivity index is 2.06. The number of benzene rings is 1. The Labute approximate surface area is 106 Å². The van der Waals surface area contributed by atoms with Gasteiger partial charge >= 0.3 is 5.97 Å².